The molecule has 0 fully saturated rings. The van der Waals surface area contributed by atoms with E-state index >= 15 is 0 Å². The van der Waals surface area contributed by atoms with Crippen molar-refractivity contribution in [3.8, 4) is 0 Å². The normalized spacial score (nSPS) is 18.3. The highest BCUT2D eigenvalue weighted by molar-refractivity contribution is 5.92. The van der Waals surface area contributed by atoms with Crippen molar-refractivity contribution in [3.63, 3.8) is 0 Å². The van der Waals surface area contributed by atoms with Gasteiger partial charge in [-0.05, 0) is 69.4 Å². The molecule has 4 bridgehead atoms. The van der Waals surface area contributed by atoms with Crippen molar-refractivity contribution in [1.29, 1.82) is 0 Å². The minimum atomic E-state index is 0.0472. The average molecular weight is 390 g/mol. The molecule has 3 heterocycles. The van der Waals surface area contributed by atoms with E-state index in [0.29, 0.717) is 25.7 Å². The van der Waals surface area contributed by atoms with Gasteiger partial charge < -0.3 is 0 Å². The second kappa shape index (κ2) is 7.58. The summed E-state index contributed by atoms with van der Waals surface area (Å²) in [5, 5.41) is 10.4. The van der Waals surface area contributed by atoms with E-state index in [1.165, 1.54) is 12.0 Å². The highest BCUT2D eigenvalue weighted by Gasteiger charge is 2.24. The van der Waals surface area contributed by atoms with Crippen LogP contribution in [0.1, 0.15) is 77.2 Å². The molecule has 6 heteroatoms. The zero-order chi connectivity index (χ0) is 19.8. The van der Waals surface area contributed by atoms with E-state index in [9.17, 15) is 9.59 Å². The maximum Gasteiger partial charge on any atom is 0.247 e. The lowest BCUT2D eigenvalue weighted by Crippen LogP contribution is -2.17. The van der Waals surface area contributed by atoms with E-state index in [0.717, 1.165) is 66.5 Å². The molecular weight excluding hydrogens is 364 g/mol. The predicted molar refractivity (Wildman–Crippen MR) is 110 cm³/mol. The van der Waals surface area contributed by atoms with Crippen LogP contribution in [0.2, 0.25) is 0 Å². The van der Waals surface area contributed by atoms with Gasteiger partial charge in [0.1, 0.15) is 0 Å². The molecule has 0 saturated carbocycles. The van der Waals surface area contributed by atoms with E-state index in [1.54, 1.807) is 9.36 Å². The van der Waals surface area contributed by atoms with Gasteiger partial charge in [-0.15, -0.1) is 0 Å². The molecule has 1 aliphatic heterocycles. The summed E-state index contributed by atoms with van der Waals surface area (Å²) in [7, 11) is 0. The number of nitrogens with zero attached hydrogens (tertiary/aromatic N) is 4. The van der Waals surface area contributed by atoms with Gasteiger partial charge in [0, 0.05) is 18.2 Å². The Bertz CT molecular complexity index is 1090. The summed E-state index contributed by atoms with van der Waals surface area (Å²) in [6.45, 7) is 0. The lowest BCUT2D eigenvalue weighted by atomic mass is 9.94. The van der Waals surface area contributed by atoms with Crippen molar-refractivity contribution in [3.05, 3.63) is 46.9 Å². The molecular formula is C23H26N4O2. The third-order valence-electron chi connectivity index (χ3n) is 6.26. The third kappa shape index (κ3) is 3.30. The molecule has 0 unspecified atom stereocenters. The zero-order valence-electron chi connectivity index (χ0n) is 16.7. The SMILES string of the molecule is O=C1CCCc2nn(c3ccccc23)C(=O)CCCCc2nn1c1c2CCCC1. The quantitative estimate of drug-likeness (QED) is 0.578. The molecule has 2 aliphatic rings. The van der Waals surface area contributed by atoms with Gasteiger partial charge in [0.25, 0.3) is 0 Å². The van der Waals surface area contributed by atoms with Gasteiger partial charge in [0.05, 0.1) is 22.6 Å². The van der Waals surface area contributed by atoms with Crippen LogP contribution >= 0.6 is 0 Å². The Labute approximate surface area is 169 Å². The zero-order valence-corrected chi connectivity index (χ0v) is 16.7. The summed E-state index contributed by atoms with van der Waals surface area (Å²) in [5.41, 5.74) is 5.27. The van der Waals surface area contributed by atoms with Gasteiger partial charge in [-0.3, -0.25) is 9.59 Å². The first-order valence-corrected chi connectivity index (χ1v) is 10.8. The van der Waals surface area contributed by atoms with E-state index in [2.05, 4.69) is 5.10 Å². The number of rotatable bonds is 0. The first-order valence-electron chi connectivity index (χ1n) is 10.8. The van der Waals surface area contributed by atoms with Crippen molar-refractivity contribution >= 4 is 22.7 Å². The summed E-state index contributed by atoms with van der Waals surface area (Å²) in [5.74, 6) is 0.134. The molecule has 29 heavy (non-hydrogen) atoms. The van der Waals surface area contributed by atoms with Crippen molar-refractivity contribution in [1.82, 2.24) is 19.6 Å². The molecule has 1 aliphatic carbocycles. The fourth-order valence-electron chi connectivity index (χ4n) is 4.78. The Morgan fingerprint density at radius 1 is 0.655 bits per heavy atom. The van der Waals surface area contributed by atoms with Crippen LogP contribution in [0.5, 0.6) is 0 Å². The smallest absolute Gasteiger partial charge is 0.247 e. The van der Waals surface area contributed by atoms with Crippen LogP contribution in [0.4, 0.5) is 0 Å². The molecule has 0 N–H and O–H groups in total. The van der Waals surface area contributed by atoms with Crippen molar-refractivity contribution in [2.24, 2.45) is 0 Å². The van der Waals surface area contributed by atoms with E-state index < -0.39 is 0 Å². The average Bonchev–Trinajstić information content (AvgIpc) is 3.30. The highest BCUT2D eigenvalue weighted by atomic mass is 16.2. The highest BCUT2D eigenvalue weighted by Crippen LogP contribution is 2.27. The van der Waals surface area contributed by atoms with Gasteiger partial charge in [-0.25, -0.2) is 4.68 Å². The van der Waals surface area contributed by atoms with Crippen molar-refractivity contribution in [2.75, 3.05) is 0 Å². The second-order valence-corrected chi connectivity index (χ2v) is 8.21. The molecule has 0 amide bonds. The van der Waals surface area contributed by atoms with E-state index in [1.807, 2.05) is 24.3 Å². The van der Waals surface area contributed by atoms with Crippen LogP contribution in [0.3, 0.4) is 0 Å². The largest absolute Gasteiger partial charge is 0.273 e. The standard InChI is InChI=1S/C23H26N4O2/c28-22-14-6-3-10-18-16-8-1-4-12-20(16)27(24-18)23(29)15-7-11-19-17-9-2-5-13-21(17)26(22)25-19/h2,5,9,13H,1,3-4,6-8,10-12,14-15H2. The van der Waals surface area contributed by atoms with Gasteiger partial charge in [-0.2, -0.15) is 14.9 Å². The third-order valence-corrected chi connectivity index (χ3v) is 6.26. The number of para-hydroxylation sites is 1. The van der Waals surface area contributed by atoms with Gasteiger partial charge >= 0.3 is 0 Å². The van der Waals surface area contributed by atoms with Gasteiger partial charge in [0.15, 0.2) is 0 Å². The van der Waals surface area contributed by atoms with Gasteiger partial charge in [0.2, 0.25) is 11.8 Å². The van der Waals surface area contributed by atoms with Crippen LogP contribution in [0, 0.1) is 0 Å². The Morgan fingerprint density at radius 3 is 2.24 bits per heavy atom. The number of benzene rings is 1. The number of hydrogen-bond donors (Lipinski definition) is 0. The summed E-state index contributed by atoms with van der Waals surface area (Å²) in [6.07, 6.45) is 9.12. The van der Waals surface area contributed by atoms with Crippen molar-refractivity contribution < 1.29 is 9.59 Å². The van der Waals surface area contributed by atoms with Crippen LogP contribution in [0.25, 0.3) is 10.9 Å². The molecule has 6 nitrogen and oxygen atoms in total. The molecule has 150 valence electrons. The van der Waals surface area contributed by atoms with Crippen LogP contribution < -0.4 is 0 Å². The number of carbonyl (C=O) groups excluding carboxylic acids is 2. The Kier molecular flexibility index (Phi) is 4.78. The minimum absolute atomic E-state index is 0.0472. The molecule has 2 aromatic heterocycles. The first kappa shape index (κ1) is 18.3. The monoisotopic (exact) mass is 390 g/mol. The molecule has 3 aromatic rings. The fourth-order valence-corrected chi connectivity index (χ4v) is 4.78. The fraction of sp³-hybridized carbons (Fsp3) is 0.478. The molecule has 0 saturated heterocycles. The molecule has 0 spiro atoms. The number of aryl methyl sites for hydroxylation is 2. The molecule has 1 aromatic carbocycles. The topological polar surface area (TPSA) is 69.8 Å². The number of fused-ring (bicyclic) bond motifs is 10. The predicted octanol–water partition coefficient (Wildman–Crippen LogP) is 4.14. The van der Waals surface area contributed by atoms with Crippen LogP contribution in [-0.2, 0) is 25.7 Å². The number of carbonyl (C=O) groups is 2. The summed E-state index contributed by atoms with van der Waals surface area (Å²) >= 11 is 0. The van der Waals surface area contributed by atoms with E-state index in [4.69, 9.17) is 5.10 Å². The summed E-state index contributed by atoms with van der Waals surface area (Å²) in [4.78, 5) is 25.8. The Hall–Kier alpha value is -2.76. The summed E-state index contributed by atoms with van der Waals surface area (Å²) < 4.78 is 3.27. The summed E-state index contributed by atoms with van der Waals surface area (Å²) in [6, 6.07) is 7.89. The molecule has 0 radical (unpaired) electrons. The number of aromatic nitrogens is 4. The lowest BCUT2D eigenvalue weighted by Gasteiger charge is -2.13. The van der Waals surface area contributed by atoms with Crippen LogP contribution in [0.15, 0.2) is 24.3 Å². The second-order valence-electron chi connectivity index (χ2n) is 8.21. The molecule has 5 rings (SSSR count). The Balaban J connectivity index is 1.49. The first-order chi connectivity index (χ1) is 14.2. The molecule has 0 atom stereocenters. The minimum Gasteiger partial charge on any atom is -0.273 e. The van der Waals surface area contributed by atoms with Crippen LogP contribution in [-0.4, -0.2) is 31.4 Å². The lowest BCUT2D eigenvalue weighted by molar-refractivity contribution is 0.0873. The maximum absolute atomic E-state index is 12.9. The van der Waals surface area contributed by atoms with Crippen molar-refractivity contribution in [2.45, 2.75) is 70.6 Å². The number of hydrogen-bond acceptors (Lipinski definition) is 4. The van der Waals surface area contributed by atoms with E-state index in [-0.39, 0.29) is 11.8 Å². The maximum atomic E-state index is 12.9. The van der Waals surface area contributed by atoms with Gasteiger partial charge in [-0.1, -0.05) is 18.2 Å². The Morgan fingerprint density at radius 2 is 1.31 bits per heavy atom.